The van der Waals surface area contributed by atoms with E-state index in [0.29, 0.717) is 18.6 Å². The Balaban J connectivity index is 1.85. The third-order valence-electron chi connectivity index (χ3n) is 4.78. The Morgan fingerprint density at radius 2 is 2.04 bits per heavy atom. The standard InChI is InChI=1S/C17H19F3N2O3/c1-11-6-5-9-13-15(11)21-22(16(13,24)17(18,19)20)14(23)10-25-12-7-3-2-4-8-12/h2-4,7-8,11,13,24H,5-6,9-10H2,1H3/t11-,13-,16+/m1/s1. The lowest BCUT2D eigenvalue weighted by molar-refractivity contribution is -0.317. The van der Waals surface area contributed by atoms with Crippen LogP contribution in [0.15, 0.2) is 35.4 Å². The van der Waals surface area contributed by atoms with Gasteiger partial charge in [-0.1, -0.05) is 31.5 Å². The third kappa shape index (κ3) is 2.99. The molecule has 5 nitrogen and oxygen atoms in total. The summed E-state index contributed by atoms with van der Waals surface area (Å²) in [6.45, 7) is 1.12. The molecule has 0 saturated heterocycles. The molecule has 0 aromatic heterocycles. The number of amides is 1. The quantitative estimate of drug-likeness (QED) is 0.906. The summed E-state index contributed by atoms with van der Waals surface area (Å²) in [4.78, 5) is 12.4. The van der Waals surface area contributed by atoms with E-state index in [9.17, 15) is 23.1 Å². The van der Waals surface area contributed by atoms with Gasteiger partial charge in [0.1, 0.15) is 5.75 Å². The zero-order chi connectivity index (χ0) is 18.2. The molecule has 25 heavy (non-hydrogen) atoms. The zero-order valence-corrected chi connectivity index (χ0v) is 13.7. The van der Waals surface area contributed by atoms with Crippen molar-refractivity contribution in [2.24, 2.45) is 16.9 Å². The van der Waals surface area contributed by atoms with Gasteiger partial charge in [-0.2, -0.15) is 23.3 Å². The molecule has 3 rings (SSSR count). The minimum absolute atomic E-state index is 0.141. The van der Waals surface area contributed by atoms with Crippen LogP contribution in [0.1, 0.15) is 26.2 Å². The summed E-state index contributed by atoms with van der Waals surface area (Å²) in [6.07, 6.45) is -3.64. The summed E-state index contributed by atoms with van der Waals surface area (Å²) in [5.74, 6) is -2.11. The molecule has 1 amide bonds. The zero-order valence-electron chi connectivity index (χ0n) is 13.7. The van der Waals surface area contributed by atoms with Crippen LogP contribution in [0.2, 0.25) is 0 Å². The summed E-state index contributed by atoms with van der Waals surface area (Å²) in [5, 5.41) is 14.5. The van der Waals surface area contributed by atoms with E-state index < -0.39 is 30.3 Å². The van der Waals surface area contributed by atoms with Crippen LogP contribution in [0.4, 0.5) is 13.2 Å². The number of nitrogens with zero attached hydrogens (tertiary/aromatic N) is 2. The molecule has 1 fully saturated rings. The fraction of sp³-hybridized carbons (Fsp3) is 0.529. The molecular weight excluding hydrogens is 337 g/mol. The number of para-hydroxylation sites is 1. The topological polar surface area (TPSA) is 62.1 Å². The van der Waals surface area contributed by atoms with Crippen LogP contribution in [0.5, 0.6) is 5.75 Å². The van der Waals surface area contributed by atoms with Crippen LogP contribution in [0, 0.1) is 11.8 Å². The number of ether oxygens (including phenoxy) is 1. The SMILES string of the molecule is C[C@@H]1CCC[C@@H]2C1=NN(C(=O)COc1ccccc1)[C@@]2(O)C(F)(F)F. The van der Waals surface area contributed by atoms with Crippen LogP contribution >= 0.6 is 0 Å². The molecule has 136 valence electrons. The summed E-state index contributed by atoms with van der Waals surface area (Å²) >= 11 is 0. The molecule has 1 aliphatic heterocycles. The first-order valence-electron chi connectivity index (χ1n) is 8.13. The van der Waals surface area contributed by atoms with Crippen molar-refractivity contribution < 1.29 is 27.8 Å². The molecule has 1 aromatic carbocycles. The number of aliphatic hydroxyl groups is 1. The van der Waals surface area contributed by atoms with E-state index in [1.807, 2.05) is 0 Å². The van der Waals surface area contributed by atoms with E-state index in [0.717, 1.165) is 0 Å². The largest absolute Gasteiger partial charge is 0.484 e. The van der Waals surface area contributed by atoms with Gasteiger partial charge >= 0.3 is 6.18 Å². The second-order valence-electron chi connectivity index (χ2n) is 6.44. The molecule has 8 heteroatoms. The highest BCUT2D eigenvalue weighted by Gasteiger charge is 2.69. The molecule has 0 bridgehead atoms. The van der Waals surface area contributed by atoms with E-state index in [1.165, 1.54) is 0 Å². The van der Waals surface area contributed by atoms with E-state index in [2.05, 4.69) is 5.10 Å². The summed E-state index contributed by atoms with van der Waals surface area (Å²) < 4.78 is 46.2. The first-order valence-corrected chi connectivity index (χ1v) is 8.13. The highest BCUT2D eigenvalue weighted by molar-refractivity contribution is 5.95. The first-order chi connectivity index (χ1) is 11.7. The maximum atomic E-state index is 13.7. The number of hydrogen-bond acceptors (Lipinski definition) is 4. The van der Waals surface area contributed by atoms with E-state index in [1.54, 1.807) is 37.3 Å². The minimum atomic E-state index is -5.01. The Morgan fingerprint density at radius 3 is 2.68 bits per heavy atom. The number of alkyl halides is 3. The highest BCUT2D eigenvalue weighted by atomic mass is 19.4. The second-order valence-corrected chi connectivity index (χ2v) is 6.44. The first kappa shape index (κ1) is 17.7. The van der Waals surface area contributed by atoms with Gasteiger partial charge in [0.2, 0.25) is 0 Å². The monoisotopic (exact) mass is 356 g/mol. The van der Waals surface area contributed by atoms with Gasteiger partial charge in [-0.25, -0.2) is 0 Å². The lowest BCUT2D eigenvalue weighted by Gasteiger charge is -2.38. The second kappa shape index (κ2) is 6.33. The Morgan fingerprint density at radius 1 is 1.36 bits per heavy atom. The Labute approximate surface area is 143 Å². The predicted octanol–water partition coefficient (Wildman–Crippen LogP) is 2.95. The van der Waals surface area contributed by atoms with Crippen molar-refractivity contribution in [3.63, 3.8) is 0 Å². The van der Waals surface area contributed by atoms with Crippen molar-refractivity contribution in [2.75, 3.05) is 6.61 Å². The van der Waals surface area contributed by atoms with Gasteiger partial charge in [0.25, 0.3) is 11.6 Å². The van der Waals surface area contributed by atoms with Gasteiger partial charge in [0, 0.05) is 5.71 Å². The maximum absolute atomic E-state index is 13.7. The fourth-order valence-corrected chi connectivity index (χ4v) is 3.47. The third-order valence-corrected chi connectivity index (χ3v) is 4.78. The molecule has 0 radical (unpaired) electrons. The summed E-state index contributed by atoms with van der Waals surface area (Å²) in [7, 11) is 0. The summed E-state index contributed by atoms with van der Waals surface area (Å²) in [6, 6.07) is 8.27. The van der Waals surface area contributed by atoms with Gasteiger partial charge in [-0.15, -0.1) is 0 Å². The average Bonchev–Trinajstić information content (AvgIpc) is 2.89. The number of halogens is 3. The average molecular weight is 356 g/mol. The number of hydrogen-bond donors (Lipinski definition) is 1. The minimum Gasteiger partial charge on any atom is -0.484 e. The fourth-order valence-electron chi connectivity index (χ4n) is 3.47. The van der Waals surface area contributed by atoms with Crippen molar-refractivity contribution >= 4 is 11.6 Å². The Kier molecular flexibility index (Phi) is 4.49. The molecular formula is C17H19F3N2O3. The predicted molar refractivity (Wildman–Crippen MR) is 83.7 cm³/mol. The molecule has 0 unspecified atom stereocenters. The van der Waals surface area contributed by atoms with Crippen molar-refractivity contribution in [3.05, 3.63) is 30.3 Å². The Hall–Kier alpha value is -2.09. The lowest BCUT2D eigenvalue weighted by Crippen LogP contribution is -2.62. The number of benzene rings is 1. The van der Waals surface area contributed by atoms with E-state index in [4.69, 9.17) is 4.74 Å². The maximum Gasteiger partial charge on any atom is 0.439 e. The van der Waals surface area contributed by atoms with Crippen molar-refractivity contribution in [2.45, 2.75) is 38.1 Å². The van der Waals surface area contributed by atoms with Crippen molar-refractivity contribution in [1.82, 2.24) is 5.01 Å². The lowest BCUT2D eigenvalue weighted by atomic mass is 9.75. The van der Waals surface area contributed by atoms with Gasteiger partial charge in [-0.3, -0.25) is 4.79 Å². The molecule has 1 N–H and O–H groups in total. The molecule has 2 aliphatic rings. The van der Waals surface area contributed by atoms with E-state index in [-0.39, 0.29) is 23.1 Å². The van der Waals surface area contributed by atoms with Crippen LogP contribution in [-0.4, -0.2) is 40.2 Å². The molecule has 1 aromatic rings. The molecule has 1 heterocycles. The van der Waals surface area contributed by atoms with Gasteiger partial charge in [-0.05, 0) is 30.9 Å². The van der Waals surface area contributed by atoms with E-state index >= 15 is 0 Å². The van der Waals surface area contributed by atoms with Crippen LogP contribution in [-0.2, 0) is 4.79 Å². The number of carbonyl (C=O) groups excluding carboxylic acids is 1. The molecule has 1 aliphatic carbocycles. The van der Waals surface area contributed by atoms with Crippen LogP contribution in [0.3, 0.4) is 0 Å². The Bertz CT molecular complexity index is 677. The number of carbonyl (C=O) groups is 1. The van der Waals surface area contributed by atoms with Crippen LogP contribution in [0.25, 0.3) is 0 Å². The summed E-state index contributed by atoms with van der Waals surface area (Å²) in [5.41, 5.74) is -3.08. The van der Waals surface area contributed by atoms with Gasteiger partial charge in [0.15, 0.2) is 6.61 Å². The van der Waals surface area contributed by atoms with Crippen molar-refractivity contribution in [1.29, 1.82) is 0 Å². The molecule has 0 spiro atoms. The number of rotatable bonds is 3. The molecule has 3 atom stereocenters. The molecule has 1 saturated carbocycles. The van der Waals surface area contributed by atoms with Gasteiger partial charge < -0.3 is 9.84 Å². The number of hydrazone groups is 1. The van der Waals surface area contributed by atoms with Gasteiger partial charge in [0.05, 0.1) is 5.92 Å². The van der Waals surface area contributed by atoms with Crippen LogP contribution < -0.4 is 4.74 Å². The normalized spacial score (nSPS) is 29.2. The number of fused-ring (bicyclic) bond motifs is 1. The highest BCUT2D eigenvalue weighted by Crippen LogP contribution is 2.49. The smallest absolute Gasteiger partial charge is 0.439 e. The van der Waals surface area contributed by atoms with Crippen molar-refractivity contribution in [3.8, 4) is 5.75 Å².